The minimum Gasteiger partial charge on any atom is -0.376 e. The molecule has 3 rings (SSSR count). The van der Waals surface area contributed by atoms with Gasteiger partial charge in [-0.2, -0.15) is 8.42 Å². The lowest BCUT2D eigenvalue weighted by atomic mass is 10.1. The molecule has 0 aromatic heterocycles. The van der Waals surface area contributed by atoms with Crippen LogP contribution in [0.25, 0.3) is 0 Å². The molecule has 0 saturated carbocycles. The topological polar surface area (TPSA) is 90.0 Å². The van der Waals surface area contributed by atoms with Crippen LogP contribution in [-0.4, -0.2) is 66.1 Å². The molecule has 1 amide bonds. The first-order valence-corrected chi connectivity index (χ1v) is 12.8. The van der Waals surface area contributed by atoms with Gasteiger partial charge in [-0.25, -0.2) is 4.39 Å². The minimum absolute atomic E-state index is 0.000156. The molecule has 2 aromatic carbocycles. The summed E-state index contributed by atoms with van der Waals surface area (Å²) in [5.41, 5.74) is 2.24. The maximum atomic E-state index is 13.2. The van der Waals surface area contributed by atoms with E-state index in [1.807, 2.05) is 11.8 Å². The molecule has 1 saturated heterocycles. The smallest absolute Gasteiger partial charge is 0.265 e. The van der Waals surface area contributed by atoms with Crippen molar-refractivity contribution in [1.82, 2.24) is 9.80 Å². The molecule has 1 aliphatic rings. The normalized spacial score (nSPS) is 19.5. The molecule has 0 spiro atoms. The molecule has 10 heteroatoms. The van der Waals surface area contributed by atoms with Gasteiger partial charge in [0.25, 0.3) is 10.1 Å². The van der Waals surface area contributed by atoms with Gasteiger partial charge in [-0.3, -0.25) is 14.2 Å². The van der Waals surface area contributed by atoms with Gasteiger partial charge in [-0.05, 0) is 61.7 Å². The van der Waals surface area contributed by atoms with E-state index in [4.69, 9.17) is 16.2 Å². The number of carbonyl (C=O) groups is 1. The van der Waals surface area contributed by atoms with Gasteiger partial charge in [0.1, 0.15) is 5.82 Å². The average molecular weight is 498 g/mol. The molecule has 180 valence electrons. The number of halogens is 2. The van der Waals surface area contributed by atoms with Crippen LogP contribution < -0.4 is 5.32 Å². The van der Waals surface area contributed by atoms with E-state index in [2.05, 4.69) is 17.1 Å². The highest BCUT2D eigenvalue weighted by Crippen LogP contribution is 2.23. The van der Waals surface area contributed by atoms with Crippen molar-refractivity contribution in [2.45, 2.75) is 38.9 Å². The Morgan fingerprint density at radius 1 is 1.15 bits per heavy atom. The first-order valence-electron chi connectivity index (χ1n) is 10.8. The van der Waals surface area contributed by atoms with Gasteiger partial charge >= 0.3 is 0 Å². The van der Waals surface area contributed by atoms with Crippen molar-refractivity contribution in [3.63, 3.8) is 0 Å². The summed E-state index contributed by atoms with van der Waals surface area (Å²) in [6, 6.07) is 11.6. The van der Waals surface area contributed by atoms with E-state index in [0.29, 0.717) is 35.9 Å². The molecule has 1 fully saturated rings. The Morgan fingerprint density at radius 2 is 1.85 bits per heavy atom. The van der Waals surface area contributed by atoms with Crippen molar-refractivity contribution in [1.29, 1.82) is 0 Å². The first kappa shape index (κ1) is 25.4. The molecule has 0 unspecified atom stereocenters. The molecule has 1 heterocycles. The Hall–Kier alpha value is -2.20. The number of rotatable bonds is 8. The molecule has 2 aromatic rings. The number of hydrogen-bond acceptors (Lipinski definition) is 5. The van der Waals surface area contributed by atoms with Crippen LogP contribution >= 0.6 is 11.6 Å². The number of benzene rings is 2. The molecular formula is C23H29ClFN3O4S. The Morgan fingerprint density at radius 3 is 2.52 bits per heavy atom. The van der Waals surface area contributed by atoms with Crippen LogP contribution in [0.3, 0.4) is 0 Å². The number of nitrogens with zero attached hydrogens (tertiary/aromatic N) is 2. The number of anilines is 1. The summed E-state index contributed by atoms with van der Waals surface area (Å²) >= 11 is 6.03. The average Bonchev–Trinajstić information content (AvgIpc) is 2.74. The summed E-state index contributed by atoms with van der Waals surface area (Å²) in [5.74, 6) is -0.753. The van der Waals surface area contributed by atoms with E-state index >= 15 is 0 Å². The maximum absolute atomic E-state index is 13.2. The van der Waals surface area contributed by atoms with Crippen molar-refractivity contribution in [2.75, 3.05) is 30.7 Å². The fourth-order valence-corrected chi connectivity index (χ4v) is 4.72. The number of piperazine rings is 1. The first-order chi connectivity index (χ1) is 15.5. The number of carbonyl (C=O) groups excluding carboxylic acids is 1. The zero-order chi connectivity index (χ0) is 24.2. The van der Waals surface area contributed by atoms with Gasteiger partial charge in [0, 0.05) is 42.4 Å². The van der Waals surface area contributed by atoms with Crippen molar-refractivity contribution in [3.05, 3.63) is 64.4 Å². The summed E-state index contributed by atoms with van der Waals surface area (Å²) in [7, 11) is -4.11. The molecule has 2 N–H and O–H groups in total. The van der Waals surface area contributed by atoms with Gasteiger partial charge < -0.3 is 10.2 Å². The van der Waals surface area contributed by atoms with Crippen LogP contribution in [0, 0.1) is 5.82 Å². The van der Waals surface area contributed by atoms with Crippen molar-refractivity contribution >= 4 is 33.3 Å². The predicted molar refractivity (Wildman–Crippen MR) is 128 cm³/mol. The fraction of sp³-hybridized carbons (Fsp3) is 0.435. The van der Waals surface area contributed by atoms with Crippen LogP contribution in [0.4, 0.5) is 10.1 Å². The van der Waals surface area contributed by atoms with E-state index < -0.39 is 15.9 Å². The van der Waals surface area contributed by atoms with Gasteiger partial charge in [0.15, 0.2) is 0 Å². The van der Waals surface area contributed by atoms with E-state index in [1.54, 1.807) is 30.3 Å². The summed E-state index contributed by atoms with van der Waals surface area (Å²) < 4.78 is 44.5. The lowest BCUT2D eigenvalue weighted by Crippen LogP contribution is -2.58. The Kier molecular flexibility index (Phi) is 8.33. The standard InChI is InChI=1S/C23H29ClFN3O4S/c1-16-14-28(17(2)13-27(16)15-18-3-6-21(25)7-4-18)23(29)12-26-22-8-5-20(24)11-19(22)9-10-33(30,31)32/h3-8,11,16-17,26H,9-10,12-15H2,1-2H3,(H,30,31,32)/t16-,17+/m0/s1. The third-order valence-electron chi connectivity index (χ3n) is 5.86. The summed E-state index contributed by atoms with van der Waals surface area (Å²) in [6.07, 6.45) is 0.0748. The Bertz CT molecular complexity index is 1080. The lowest BCUT2D eigenvalue weighted by molar-refractivity contribution is -0.135. The third-order valence-corrected chi connectivity index (χ3v) is 6.82. The molecule has 7 nitrogen and oxygen atoms in total. The van der Waals surface area contributed by atoms with Gasteiger partial charge in [0.2, 0.25) is 5.91 Å². The second-order valence-electron chi connectivity index (χ2n) is 8.49. The highest BCUT2D eigenvalue weighted by atomic mass is 35.5. The van der Waals surface area contributed by atoms with Crippen molar-refractivity contribution in [3.8, 4) is 0 Å². The number of aryl methyl sites for hydroxylation is 1. The number of hydrogen-bond donors (Lipinski definition) is 2. The van der Waals surface area contributed by atoms with Crippen LogP contribution in [0.15, 0.2) is 42.5 Å². The lowest BCUT2D eigenvalue weighted by Gasteiger charge is -2.44. The van der Waals surface area contributed by atoms with Gasteiger partial charge in [-0.1, -0.05) is 23.7 Å². The predicted octanol–water partition coefficient (Wildman–Crippen LogP) is 3.44. The van der Waals surface area contributed by atoms with E-state index in [1.165, 1.54) is 12.1 Å². The molecule has 0 bridgehead atoms. The maximum Gasteiger partial charge on any atom is 0.265 e. The van der Waals surface area contributed by atoms with E-state index in [9.17, 15) is 17.6 Å². The fourth-order valence-electron chi connectivity index (χ4n) is 4.04. The molecule has 33 heavy (non-hydrogen) atoms. The van der Waals surface area contributed by atoms with Crippen molar-refractivity contribution < 1.29 is 22.2 Å². The monoisotopic (exact) mass is 497 g/mol. The molecule has 0 aliphatic carbocycles. The molecule has 1 aliphatic heterocycles. The van der Waals surface area contributed by atoms with Crippen LogP contribution in [0.5, 0.6) is 0 Å². The van der Waals surface area contributed by atoms with Crippen molar-refractivity contribution in [2.24, 2.45) is 0 Å². The zero-order valence-electron chi connectivity index (χ0n) is 18.7. The quantitative estimate of drug-likeness (QED) is 0.543. The molecule has 2 atom stereocenters. The third kappa shape index (κ3) is 7.40. The SMILES string of the molecule is C[C@@H]1CN(Cc2ccc(F)cc2)[C@@H](C)CN1C(=O)CNc1ccc(Cl)cc1CCS(=O)(=O)O. The minimum atomic E-state index is -4.11. The largest absolute Gasteiger partial charge is 0.376 e. The zero-order valence-corrected chi connectivity index (χ0v) is 20.2. The highest BCUT2D eigenvalue weighted by molar-refractivity contribution is 7.85. The number of amides is 1. The molecule has 0 radical (unpaired) electrons. The highest BCUT2D eigenvalue weighted by Gasteiger charge is 2.31. The van der Waals surface area contributed by atoms with Crippen LogP contribution in [0.2, 0.25) is 5.02 Å². The van der Waals surface area contributed by atoms with E-state index in [-0.39, 0.29) is 36.8 Å². The van der Waals surface area contributed by atoms with Gasteiger partial charge in [-0.15, -0.1) is 0 Å². The second-order valence-corrected chi connectivity index (χ2v) is 10.5. The Balaban J connectivity index is 1.59. The van der Waals surface area contributed by atoms with Crippen LogP contribution in [-0.2, 0) is 27.9 Å². The molecular weight excluding hydrogens is 469 g/mol. The second kappa shape index (κ2) is 10.8. The van der Waals surface area contributed by atoms with E-state index in [0.717, 1.165) is 5.56 Å². The number of nitrogens with one attached hydrogen (secondary N) is 1. The van der Waals surface area contributed by atoms with Gasteiger partial charge in [0.05, 0.1) is 12.3 Å². The summed E-state index contributed by atoms with van der Waals surface area (Å²) in [4.78, 5) is 17.1. The summed E-state index contributed by atoms with van der Waals surface area (Å²) in [5, 5.41) is 3.53. The van der Waals surface area contributed by atoms with Crippen LogP contribution in [0.1, 0.15) is 25.0 Å². The summed E-state index contributed by atoms with van der Waals surface area (Å²) in [6.45, 7) is 6.07. The Labute approximate surface area is 199 Å².